The molecule has 7 nitrogen and oxygen atoms in total. The zero-order chi connectivity index (χ0) is 21.7. The molecule has 2 fully saturated rings. The Hall–Kier alpha value is -1.93. The quantitative estimate of drug-likeness (QED) is 0.663. The van der Waals surface area contributed by atoms with Crippen LogP contribution in [-0.2, 0) is 19.6 Å². The number of benzene rings is 1. The number of sulfonamides is 1. The summed E-state index contributed by atoms with van der Waals surface area (Å²) in [6.07, 6.45) is 4.92. The van der Waals surface area contributed by atoms with E-state index in [1.54, 1.807) is 4.90 Å². The Bertz CT molecular complexity index is 835. The van der Waals surface area contributed by atoms with Crippen molar-refractivity contribution < 1.29 is 22.7 Å². The first-order valence-electron chi connectivity index (χ1n) is 10.8. The summed E-state index contributed by atoms with van der Waals surface area (Å²) >= 11 is 0. The third kappa shape index (κ3) is 5.60. The number of carbonyl (C=O) groups excluding carboxylic acids is 2. The molecule has 1 amide bonds. The lowest BCUT2D eigenvalue weighted by Crippen LogP contribution is -2.44. The van der Waals surface area contributed by atoms with Gasteiger partial charge in [0.15, 0.2) is 6.61 Å². The zero-order valence-corrected chi connectivity index (χ0v) is 18.7. The Balaban J connectivity index is 1.57. The standard InChI is InChI=1S/C22H32N2O5S/c1-17-13-18(2)15-23(14-17)21(25)16-29-22(26)19-7-9-20(10-8-19)30(27,28)24-11-5-3-4-6-12-24/h7-10,17-18H,3-6,11-16H2,1-2H3/t17-,18-/m1/s1. The minimum atomic E-state index is -3.56. The van der Waals surface area contributed by atoms with Crippen molar-refractivity contribution in [3.05, 3.63) is 29.8 Å². The molecule has 0 aliphatic carbocycles. The second-order valence-corrected chi connectivity index (χ2v) is 10.6. The van der Waals surface area contributed by atoms with Crippen molar-refractivity contribution in [3.8, 4) is 0 Å². The lowest BCUT2D eigenvalue weighted by Gasteiger charge is -2.34. The number of amides is 1. The molecule has 0 bridgehead atoms. The summed E-state index contributed by atoms with van der Waals surface area (Å²) in [5.41, 5.74) is 0.234. The largest absolute Gasteiger partial charge is 0.452 e. The molecule has 1 aromatic carbocycles. The summed E-state index contributed by atoms with van der Waals surface area (Å²) in [4.78, 5) is 26.6. The molecule has 0 unspecified atom stereocenters. The molecule has 8 heteroatoms. The highest BCUT2D eigenvalue weighted by Gasteiger charge is 2.27. The number of esters is 1. The average molecular weight is 437 g/mol. The Morgan fingerprint density at radius 3 is 2.10 bits per heavy atom. The lowest BCUT2D eigenvalue weighted by molar-refractivity contribution is -0.137. The van der Waals surface area contributed by atoms with Crippen LogP contribution < -0.4 is 0 Å². The molecule has 0 N–H and O–H groups in total. The normalized spacial score (nSPS) is 23.6. The van der Waals surface area contributed by atoms with E-state index in [4.69, 9.17) is 4.74 Å². The molecular formula is C22H32N2O5S. The number of piperidine rings is 1. The lowest BCUT2D eigenvalue weighted by atomic mass is 9.92. The highest BCUT2D eigenvalue weighted by molar-refractivity contribution is 7.89. The number of ether oxygens (including phenoxy) is 1. The number of carbonyl (C=O) groups is 2. The summed E-state index contributed by atoms with van der Waals surface area (Å²) in [7, 11) is -3.56. The van der Waals surface area contributed by atoms with E-state index < -0.39 is 16.0 Å². The van der Waals surface area contributed by atoms with Crippen LogP contribution in [0, 0.1) is 11.8 Å². The first-order chi connectivity index (χ1) is 14.3. The van der Waals surface area contributed by atoms with E-state index in [0.717, 1.165) is 32.1 Å². The Morgan fingerprint density at radius 2 is 1.53 bits per heavy atom. The summed E-state index contributed by atoms with van der Waals surface area (Å²) in [6, 6.07) is 5.77. The number of nitrogens with zero attached hydrogens (tertiary/aromatic N) is 2. The van der Waals surface area contributed by atoms with Crippen molar-refractivity contribution in [1.29, 1.82) is 0 Å². The molecular weight excluding hydrogens is 404 g/mol. The highest BCUT2D eigenvalue weighted by Crippen LogP contribution is 2.22. The van der Waals surface area contributed by atoms with Crippen molar-refractivity contribution in [2.45, 2.75) is 50.8 Å². The van der Waals surface area contributed by atoms with Gasteiger partial charge in [-0.25, -0.2) is 13.2 Å². The molecule has 0 spiro atoms. The Kier molecular flexibility index (Phi) is 7.52. The van der Waals surface area contributed by atoms with Gasteiger partial charge in [0.2, 0.25) is 10.0 Å². The van der Waals surface area contributed by atoms with Gasteiger partial charge in [-0.15, -0.1) is 0 Å². The van der Waals surface area contributed by atoms with Crippen molar-refractivity contribution in [2.24, 2.45) is 11.8 Å². The van der Waals surface area contributed by atoms with E-state index in [-0.39, 0.29) is 23.0 Å². The van der Waals surface area contributed by atoms with Crippen LogP contribution in [0.5, 0.6) is 0 Å². The Morgan fingerprint density at radius 1 is 0.967 bits per heavy atom. The topological polar surface area (TPSA) is 84.0 Å². The third-order valence-corrected chi connectivity index (χ3v) is 7.75. The molecule has 1 aromatic rings. The van der Waals surface area contributed by atoms with Crippen molar-refractivity contribution >= 4 is 21.9 Å². The second kappa shape index (κ2) is 9.92. The number of likely N-dealkylation sites (tertiary alicyclic amines) is 1. The van der Waals surface area contributed by atoms with E-state index in [2.05, 4.69) is 13.8 Å². The summed E-state index contributed by atoms with van der Waals surface area (Å²) in [6.45, 7) is 6.36. The molecule has 2 saturated heterocycles. The zero-order valence-electron chi connectivity index (χ0n) is 17.9. The summed E-state index contributed by atoms with van der Waals surface area (Å²) in [5.74, 6) is 0.0569. The van der Waals surface area contributed by atoms with Gasteiger partial charge in [-0.05, 0) is 55.4 Å². The highest BCUT2D eigenvalue weighted by atomic mass is 32.2. The van der Waals surface area contributed by atoms with Crippen LogP contribution in [0.1, 0.15) is 56.3 Å². The SMILES string of the molecule is C[C@@H]1C[C@@H](C)CN(C(=O)COC(=O)c2ccc(S(=O)(=O)N3CCCCCC3)cc2)C1. The molecule has 3 rings (SSSR count). The number of hydrogen-bond acceptors (Lipinski definition) is 5. The van der Waals surface area contributed by atoms with Crippen LogP contribution in [0.2, 0.25) is 0 Å². The van der Waals surface area contributed by atoms with Gasteiger partial charge in [0, 0.05) is 26.2 Å². The fraction of sp³-hybridized carbons (Fsp3) is 0.636. The van der Waals surface area contributed by atoms with Crippen molar-refractivity contribution in [3.63, 3.8) is 0 Å². The maximum Gasteiger partial charge on any atom is 0.338 e. The van der Waals surface area contributed by atoms with Gasteiger partial charge >= 0.3 is 5.97 Å². The van der Waals surface area contributed by atoms with E-state index in [9.17, 15) is 18.0 Å². The molecule has 166 valence electrons. The average Bonchev–Trinajstić information content (AvgIpc) is 3.01. The van der Waals surface area contributed by atoms with E-state index >= 15 is 0 Å². The van der Waals surface area contributed by atoms with E-state index in [1.165, 1.54) is 28.6 Å². The van der Waals surface area contributed by atoms with Gasteiger partial charge in [-0.3, -0.25) is 4.79 Å². The van der Waals surface area contributed by atoms with Crippen LogP contribution in [0.3, 0.4) is 0 Å². The fourth-order valence-corrected chi connectivity index (χ4v) is 5.88. The van der Waals surface area contributed by atoms with Gasteiger partial charge in [-0.1, -0.05) is 26.7 Å². The van der Waals surface area contributed by atoms with Crippen LogP contribution in [-0.4, -0.2) is 62.3 Å². The molecule has 2 aliphatic heterocycles. The minimum Gasteiger partial charge on any atom is -0.452 e. The molecule has 2 atom stereocenters. The van der Waals surface area contributed by atoms with E-state index in [1.807, 2.05) is 0 Å². The molecule has 0 aromatic heterocycles. The van der Waals surface area contributed by atoms with Gasteiger partial charge in [0.05, 0.1) is 10.5 Å². The maximum atomic E-state index is 12.8. The van der Waals surface area contributed by atoms with Crippen LogP contribution in [0.25, 0.3) is 0 Å². The molecule has 0 saturated carbocycles. The van der Waals surface area contributed by atoms with Gasteiger partial charge in [0.1, 0.15) is 0 Å². The van der Waals surface area contributed by atoms with Gasteiger partial charge < -0.3 is 9.64 Å². The molecule has 30 heavy (non-hydrogen) atoms. The van der Waals surface area contributed by atoms with Crippen LogP contribution >= 0.6 is 0 Å². The Labute approximate surface area is 179 Å². The third-order valence-electron chi connectivity index (χ3n) is 5.84. The van der Waals surface area contributed by atoms with Crippen LogP contribution in [0.4, 0.5) is 0 Å². The number of rotatable bonds is 5. The monoisotopic (exact) mass is 436 g/mol. The smallest absolute Gasteiger partial charge is 0.338 e. The number of hydrogen-bond donors (Lipinski definition) is 0. The van der Waals surface area contributed by atoms with E-state index in [0.29, 0.717) is 38.0 Å². The van der Waals surface area contributed by atoms with Crippen molar-refractivity contribution in [2.75, 3.05) is 32.8 Å². The molecule has 0 radical (unpaired) electrons. The fourth-order valence-electron chi connectivity index (χ4n) is 4.36. The van der Waals surface area contributed by atoms with Crippen molar-refractivity contribution in [1.82, 2.24) is 9.21 Å². The summed E-state index contributed by atoms with van der Waals surface area (Å²) in [5, 5.41) is 0. The second-order valence-electron chi connectivity index (χ2n) is 8.66. The van der Waals surface area contributed by atoms with Crippen LogP contribution in [0.15, 0.2) is 29.2 Å². The molecule has 2 aliphatic rings. The van der Waals surface area contributed by atoms with Gasteiger partial charge in [0.25, 0.3) is 5.91 Å². The first kappa shape index (κ1) is 22.7. The predicted octanol–water partition coefficient (Wildman–Crippen LogP) is 2.91. The predicted molar refractivity (Wildman–Crippen MR) is 113 cm³/mol. The first-order valence-corrected chi connectivity index (χ1v) is 12.3. The maximum absolute atomic E-state index is 12.8. The van der Waals surface area contributed by atoms with Gasteiger partial charge in [-0.2, -0.15) is 4.31 Å². The minimum absolute atomic E-state index is 0.174. The summed E-state index contributed by atoms with van der Waals surface area (Å²) < 4.78 is 32.3. The molecule has 2 heterocycles.